The summed E-state index contributed by atoms with van der Waals surface area (Å²) >= 11 is 0. The van der Waals surface area contributed by atoms with Gasteiger partial charge in [-0.1, -0.05) is 0 Å². The molecule has 1 heterocycles. The lowest BCUT2D eigenvalue weighted by Crippen LogP contribution is -2.30. The molecular formula is C18H27N3O4. The molecule has 7 heteroatoms. The summed E-state index contributed by atoms with van der Waals surface area (Å²) < 4.78 is 5.42. The summed E-state index contributed by atoms with van der Waals surface area (Å²) in [5.41, 5.74) is 0.918. The van der Waals surface area contributed by atoms with Gasteiger partial charge in [0.25, 0.3) is 11.6 Å². The number of nitro groups is 1. The quantitative estimate of drug-likeness (QED) is 0.443. The number of nitro benzene ring substituents is 1. The van der Waals surface area contributed by atoms with Crippen LogP contribution in [0, 0.1) is 10.1 Å². The number of hydrogen-bond donors (Lipinski definition) is 1. The van der Waals surface area contributed by atoms with Crippen molar-refractivity contribution in [2.75, 3.05) is 31.1 Å². The molecule has 1 aliphatic heterocycles. The van der Waals surface area contributed by atoms with Crippen LogP contribution >= 0.6 is 0 Å². The number of hydrogen-bond acceptors (Lipinski definition) is 5. The van der Waals surface area contributed by atoms with E-state index in [1.54, 1.807) is 12.1 Å². The van der Waals surface area contributed by atoms with Crippen LogP contribution in [-0.4, -0.2) is 43.2 Å². The molecule has 1 aromatic rings. The molecule has 0 aromatic heterocycles. The van der Waals surface area contributed by atoms with Gasteiger partial charge in [0.1, 0.15) is 5.69 Å². The molecule has 2 rings (SSSR count). The van der Waals surface area contributed by atoms with Gasteiger partial charge in [-0.2, -0.15) is 0 Å². The highest BCUT2D eigenvalue weighted by molar-refractivity contribution is 5.95. The molecule has 138 valence electrons. The Bertz CT molecular complexity index is 598. The molecule has 0 bridgehead atoms. The Balaban J connectivity index is 2.00. The lowest BCUT2D eigenvalue weighted by Gasteiger charge is -2.28. The maximum atomic E-state index is 12.2. The standard InChI is InChI=1S/C18H27N3O4/c1-14(2)25-12-6-9-19-18(22)15-7-8-16(17(13-15)21(23)24)20-10-4-3-5-11-20/h7-8,13-14H,3-6,9-12H2,1-2H3,(H,19,22). The molecule has 1 N–H and O–H groups in total. The van der Waals surface area contributed by atoms with Crippen LogP contribution in [0.1, 0.15) is 49.9 Å². The Hall–Kier alpha value is -2.15. The molecule has 1 saturated heterocycles. The van der Waals surface area contributed by atoms with Gasteiger partial charge < -0.3 is 15.0 Å². The van der Waals surface area contributed by atoms with E-state index in [9.17, 15) is 14.9 Å². The number of nitrogens with one attached hydrogen (secondary N) is 1. The van der Waals surface area contributed by atoms with Gasteiger partial charge in [-0.25, -0.2) is 0 Å². The van der Waals surface area contributed by atoms with E-state index < -0.39 is 4.92 Å². The molecule has 1 aliphatic rings. The van der Waals surface area contributed by atoms with Gasteiger partial charge in [0.05, 0.1) is 11.0 Å². The maximum Gasteiger partial charge on any atom is 0.293 e. The molecule has 0 atom stereocenters. The number of rotatable bonds is 8. The van der Waals surface area contributed by atoms with Gasteiger partial charge in [0.15, 0.2) is 0 Å². The zero-order valence-electron chi connectivity index (χ0n) is 15.0. The van der Waals surface area contributed by atoms with Gasteiger partial charge in [0, 0.05) is 37.9 Å². The van der Waals surface area contributed by atoms with Crippen molar-refractivity contribution >= 4 is 17.3 Å². The first-order valence-corrected chi connectivity index (χ1v) is 8.92. The fourth-order valence-electron chi connectivity index (χ4n) is 2.91. The summed E-state index contributed by atoms with van der Waals surface area (Å²) in [6.45, 7) is 6.62. The normalized spacial score (nSPS) is 14.6. The van der Waals surface area contributed by atoms with E-state index in [4.69, 9.17) is 4.74 Å². The summed E-state index contributed by atoms with van der Waals surface area (Å²) in [6, 6.07) is 4.74. The highest BCUT2D eigenvalue weighted by atomic mass is 16.6. The Morgan fingerprint density at radius 3 is 2.68 bits per heavy atom. The number of anilines is 1. The minimum absolute atomic E-state index is 0.00214. The molecular weight excluding hydrogens is 322 g/mol. The van der Waals surface area contributed by atoms with Crippen molar-refractivity contribution in [1.29, 1.82) is 0 Å². The first-order chi connectivity index (χ1) is 12.0. The molecule has 0 saturated carbocycles. The average Bonchev–Trinajstić information content (AvgIpc) is 2.61. The number of benzene rings is 1. The van der Waals surface area contributed by atoms with E-state index in [0.717, 1.165) is 32.4 Å². The fourth-order valence-corrected chi connectivity index (χ4v) is 2.91. The Morgan fingerprint density at radius 2 is 2.04 bits per heavy atom. The molecule has 25 heavy (non-hydrogen) atoms. The summed E-state index contributed by atoms with van der Waals surface area (Å²) in [7, 11) is 0. The predicted octanol–water partition coefficient (Wildman–Crippen LogP) is 3.13. The van der Waals surface area contributed by atoms with Crippen LogP contribution in [0.3, 0.4) is 0 Å². The Labute approximate surface area is 148 Å². The Kier molecular flexibility index (Phi) is 7.18. The topological polar surface area (TPSA) is 84.7 Å². The van der Waals surface area contributed by atoms with E-state index in [-0.39, 0.29) is 17.7 Å². The number of carbonyl (C=O) groups excluding carboxylic acids is 1. The minimum Gasteiger partial charge on any atom is -0.379 e. The highest BCUT2D eigenvalue weighted by Gasteiger charge is 2.23. The van der Waals surface area contributed by atoms with Crippen LogP contribution < -0.4 is 10.2 Å². The van der Waals surface area contributed by atoms with Crippen LogP contribution in [0.4, 0.5) is 11.4 Å². The maximum absolute atomic E-state index is 12.2. The zero-order valence-corrected chi connectivity index (χ0v) is 15.0. The van der Waals surface area contributed by atoms with Gasteiger partial charge in [-0.05, 0) is 51.7 Å². The second-order valence-electron chi connectivity index (χ2n) is 6.54. The number of nitrogens with zero attached hydrogens (tertiary/aromatic N) is 2. The third-order valence-electron chi connectivity index (χ3n) is 4.19. The first kappa shape index (κ1) is 19.2. The number of piperidine rings is 1. The molecule has 7 nitrogen and oxygen atoms in total. The van der Waals surface area contributed by atoms with Gasteiger partial charge >= 0.3 is 0 Å². The average molecular weight is 349 g/mol. The van der Waals surface area contributed by atoms with Gasteiger partial charge in [-0.15, -0.1) is 0 Å². The number of carbonyl (C=O) groups is 1. The van der Waals surface area contributed by atoms with Crippen LogP contribution in [0.2, 0.25) is 0 Å². The first-order valence-electron chi connectivity index (χ1n) is 8.92. The Morgan fingerprint density at radius 1 is 1.32 bits per heavy atom. The van der Waals surface area contributed by atoms with Crippen molar-refractivity contribution in [1.82, 2.24) is 5.32 Å². The van der Waals surface area contributed by atoms with Crippen molar-refractivity contribution in [3.63, 3.8) is 0 Å². The molecule has 0 aliphatic carbocycles. The van der Waals surface area contributed by atoms with Gasteiger partial charge in [-0.3, -0.25) is 14.9 Å². The molecule has 1 fully saturated rings. The lowest BCUT2D eigenvalue weighted by molar-refractivity contribution is -0.384. The van der Waals surface area contributed by atoms with Crippen molar-refractivity contribution in [3.8, 4) is 0 Å². The SMILES string of the molecule is CC(C)OCCCNC(=O)c1ccc(N2CCCCC2)c([N+](=O)[O-])c1. The number of ether oxygens (including phenoxy) is 1. The van der Waals surface area contributed by atoms with E-state index >= 15 is 0 Å². The van der Waals surface area contributed by atoms with Crippen LogP contribution in [0.15, 0.2) is 18.2 Å². The zero-order chi connectivity index (χ0) is 18.2. The van der Waals surface area contributed by atoms with E-state index in [0.29, 0.717) is 30.8 Å². The van der Waals surface area contributed by atoms with E-state index in [2.05, 4.69) is 5.32 Å². The summed E-state index contributed by atoms with van der Waals surface area (Å²) in [5.74, 6) is -0.294. The summed E-state index contributed by atoms with van der Waals surface area (Å²) in [6.07, 6.45) is 4.11. The van der Waals surface area contributed by atoms with E-state index in [1.165, 1.54) is 6.07 Å². The molecule has 0 unspecified atom stereocenters. The monoisotopic (exact) mass is 349 g/mol. The lowest BCUT2D eigenvalue weighted by atomic mass is 10.1. The van der Waals surface area contributed by atoms with Crippen molar-refractivity contribution in [2.45, 2.75) is 45.6 Å². The second-order valence-corrected chi connectivity index (χ2v) is 6.54. The summed E-state index contributed by atoms with van der Waals surface area (Å²) in [4.78, 5) is 25.3. The van der Waals surface area contributed by atoms with Crippen LogP contribution in [0.5, 0.6) is 0 Å². The van der Waals surface area contributed by atoms with Crippen LogP contribution in [-0.2, 0) is 4.74 Å². The third kappa shape index (κ3) is 5.70. The molecule has 0 radical (unpaired) electrons. The second kappa shape index (κ2) is 9.36. The largest absolute Gasteiger partial charge is 0.379 e. The van der Waals surface area contributed by atoms with Crippen molar-refractivity contribution < 1.29 is 14.5 Å². The van der Waals surface area contributed by atoms with Crippen LogP contribution in [0.25, 0.3) is 0 Å². The summed E-state index contributed by atoms with van der Waals surface area (Å²) in [5, 5.41) is 14.2. The highest BCUT2D eigenvalue weighted by Crippen LogP contribution is 2.31. The molecule has 0 spiro atoms. The van der Waals surface area contributed by atoms with Crippen molar-refractivity contribution in [2.24, 2.45) is 0 Å². The molecule has 1 amide bonds. The smallest absolute Gasteiger partial charge is 0.293 e. The predicted molar refractivity (Wildman–Crippen MR) is 97.2 cm³/mol. The van der Waals surface area contributed by atoms with Gasteiger partial charge in [0.2, 0.25) is 0 Å². The van der Waals surface area contributed by atoms with E-state index in [1.807, 2.05) is 18.7 Å². The fraction of sp³-hybridized carbons (Fsp3) is 0.611. The minimum atomic E-state index is -0.406. The number of amides is 1. The third-order valence-corrected chi connectivity index (χ3v) is 4.19. The van der Waals surface area contributed by atoms with Crippen molar-refractivity contribution in [3.05, 3.63) is 33.9 Å². The molecule has 1 aromatic carbocycles.